The molecule has 0 aliphatic heterocycles. The van der Waals surface area contributed by atoms with Crippen molar-refractivity contribution in [1.29, 1.82) is 0 Å². The Morgan fingerprint density at radius 1 is 1.23 bits per heavy atom. The molecule has 3 aromatic rings. The van der Waals surface area contributed by atoms with Crippen LogP contribution in [0.5, 0.6) is 0 Å². The molecule has 0 saturated carbocycles. The van der Waals surface area contributed by atoms with Crippen LogP contribution in [0.15, 0.2) is 34.8 Å². The van der Waals surface area contributed by atoms with Crippen LogP contribution >= 0.6 is 23.1 Å². The molecule has 0 fully saturated rings. The first-order valence-electron chi connectivity index (χ1n) is 8.34. The van der Waals surface area contributed by atoms with E-state index in [0.29, 0.717) is 11.8 Å². The van der Waals surface area contributed by atoms with Gasteiger partial charge in [0, 0.05) is 28.4 Å². The monoisotopic (exact) mass is 387 g/mol. The average Bonchev–Trinajstić information content (AvgIpc) is 3.17. The van der Waals surface area contributed by atoms with E-state index in [9.17, 15) is 4.79 Å². The highest BCUT2D eigenvalue weighted by molar-refractivity contribution is 7.99. The fraction of sp³-hybridized carbons (Fsp3) is 0.316. The van der Waals surface area contributed by atoms with Crippen molar-refractivity contribution in [3.63, 3.8) is 0 Å². The quantitative estimate of drug-likeness (QED) is 0.461. The van der Waals surface area contributed by atoms with Crippen LogP contribution in [0, 0.1) is 13.8 Å². The number of hydrogen-bond donors (Lipinski definition) is 0. The number of carbonyl (C=O) groups excluding carboxylic acids is 1. The van der Waals surface area contributed by atoms with Crippen molar-refractivity contribution in [2.24, 2.45) is 7.05 Å². The molecule has 0 bridgehead atoms. The summed E-state index contributed by atoms with van der Waals surface area (Å²) in [6, 6.07) is 8.52. The molecule has 3 rings (SSSR count). The van der Waals surface area contributed by atoms with Crippen molar-refractivity contribution < 1.29 is 9.53 Å². The van der Waals surface area contributed by atoms with E-state index in [-0.39, 0.29) is 11.7 Å². The van der Waals surface area contributed by atoms with Gasteiger partial charge in [0.1, 0.15) is 0 Å². The third-order valence-electron chi connectivity index (χ3n) is 4.02. The van der Waals surface area contributed by atoms with Crippen LogP contribution < -0.4 is 0 Å². The Balaban J connectivity index is 1.91. The Bertz CT molecular complexity index is 914. The Hall–Kier alpha value is -2.12. The summed E-state index contributed by atoms with van der Waals surface area (Å²) in [6.45, 7) is 6.39. The predicted molar refractivity (Wildman–Crippen MR) is 107 cm³/mol. The summed E-state index contributed by atoms with van der Waals surface area (Å²) in [5.74, 6) is 0.790. The zero-order valence-corrected chi connectivity index (χ0v) is 16.9. The third-order valence-corrected chi connectivity index (χ3v) is 5.92. The first-order valence-corrected chi connectivity index (χ1v) is 10.2. The van der Waals surface area contributed by atoms with Gasteiger partial charge in [0.25, 0.3) is 0 Å². The van der Waals surface area contributed by atoms with Crippen LogP contribution in [0.2, 0.25) is 0 Å². The number of ether oxygens (including phenoxy) is 1. The Morgan fingerprint density at radius 2 is 1.96 bits per heavy atom. The maximum Gasteiger partial charge on any atom is 0.316 e. The zero-order valence-electron chi connectivity index (χ0n) is 15.3. The van der Waals surface area contributed by atoms with Gasteiger partial charge >= 0.3 is 5.97 Å². The number of thioether (sulfide) groups is 1. The molecule has 0 unspecified atom stereocenters. The van der Waals surface area contributed by atoms with Crippen molar-refractivity contribution in [3.05, 3.63) is 40.1 Å². The van der Waals surface area contributed by atoms with Crippen molar-refractivity contribution in [1.82, 2.24) is 14.8 Å². The van der Waals surface area contributed by atoms with Crippen molar-refractivity contribution >= 4 is 29.1 Å². The molecule has 0 aliphatic carbocycles. The molecule has 26 heavy (non-hydrogen) atoms. The molecule has 0 spiro atoms. The lowest BCUT2D eigenvalue weighted by atomic mass is 10.0. The molecule has 136 valence electrons. The number of benzene rings is 1. The fourth-order valence-electron chi connectivity index (χ4n) is 2.70. The van der Waals surface area contributed by atoms with Gasteiger partial charge < -0.3 is 9.30 Å². The molecule has 1 aromatic carbocycles. The minimum absolute atomic E-state index is 0.229. The first kappa shape index (κ1) is 18.7. The van der Waals surface area contributed by atoms with Gasteiger partial charge in [-0.1, -0.05) is 41.6 Å². The maximum absolute atomic E-state index is 11.6. The molecule has 0 aliphatic rings. The number of rotatable bonds is 6. The van der Waals surface area contributed by atoms with Crippen LogP contribution in [0.25, 0.3) is 22.5 Å². The number of esters is 1. The second-order valence-corrected chi connectivity index (χ2v) is 7.93. The van der Waals surface area contributed by atoms with E-state index in [1.807, 2.05) is 11.6 Å². The Kier molecular flexibility index (Phi) is 5.78. The van der Waals surface area contributed by atoms with Gasteiger partial charge in [0.05, 0.1) is 12.4 Å². The zero-order chi connectivity index (χ0) is 18.7. The topological polar surface area (TPSA) is 57.0 Å². The highest BCUT2D eigenvalue weighted by Gasteiger charge is 2.19. The highest BCUT2D eigenvalue weighted by Crippen LogP contribution is 2.38. The number of nitrogens with zero attached hydrogens (tertiary/aromatic N) is 3. The molecule has 2 aromatic heterocycles. The molecule has 0 N–H and O–H groups in total. The van der Waals surface area contributed by atoms with Gasteiger partial charge in [0.2, 0.25) is 0 Å². The van der Waals surface area contributed by atoms with E-state index in [0.717, 1.165) is 11.4 Å². The van der Waals surface area contributed by atoms with Crippen LogP contribution in [0.4, 0.5) is 0 Å². The standard InChI is InChI=1S/C19H21N3O2S2/c1-5-24-16(23)11-26-19-21-20-18(22(19)4)15-10-25-13(3)17(15)14-8-6-12(2)7-9-14/h6-10H,5,11H2,1-4H3. The molecular formula is C19H21N3O2S2. The number of aromatic nitrogens is 3. The SMILES string of the molecule is CCOC(=O)CSc1nnc(-c2csc(C)c2-c2ccc(C)cc2)n1C. The lowest BCUT2D eigenvalue weighted by molar-refractivity contribution is -0.139. The van der Waals surface area contributed by atoms with Crippen LogP contribution in [-0.4, -0.2) is 33.1 Å². The van der Waals surface area contributed by atoms with E-state index in [1.165, 1.54) is 33.3 Å². The number of thiophene rings is 1. The summed E-state index contributed by atoms with van der Waals surface area (Å²) in [6.07, 6.45) is 0. The second-order valence-electron chi connectivity index (χ2n) is 5.91. The van der Waals surface area contributed by atoms with E-state index >= 15 is 0 Å². The van der Waals surface area contributed by atoms with E-state index in [2.05, 4.69) is 53.7 Å². The van der Waals surface area contributed by atoms with Gasteiger partial charge in [-0.15, -0.1) is 21.5 Å². The maximum atomic E-state index is 11.6. The number of carbonyl (C=O) groups is 1. The molecule has 7 heteroatoms. The molecule has 0 radical (unpaired) electrons. The summed E-state index contributed by atoms with van der Waals surface area (Å²) >= 11 is 3.04. The molecule has 5 nitrogen and oxygen atoms in total. The minimum atomic E-state index is -0.242. The predicted octanol–water partition coefficient (Wildman–Crippen LogP) is 4.48. The molecule has 2 heterocycles. The van der Waals surface area contributed by atoms with Crippen molar-refractivity contribution in [2.45, 2.75) is 25.9 Å². The van der Waals surface area contributed by atoms with Crippen LogP contribution in [0.3, 0.4) is 0 Å². The highest BCUT2D eigenvalue weighted by atomic mass is 32.2. The van der Waals surface area contributed by atoms with Gasteiger partial charge in [0.15, 0.2) is 11.0 Å². The van der Waals surface area contributed by atoms with Gasteiger partial charge in [-0.2, -0.15) is 0 Å². The second kappa shape index (κ2) is 8.05. The van der Waals surface area contributed by atoms with Gasteiger partial charge in [-0.3, -0.25) is 4.79 Å². The Labute approximate surface area is 161 Å². The molecule has 0 atom stereocenters. The molecule has 0 amide bonds. The minimum Gasteiger partial charge on any atom is -0.465 e. The van der Waals surface area contributed by atoms with E-state index in [4.69, 9.17) is 4.74 Å². The smallest absolute Gasteiger partial charge is 0.316 e. The van der Waals surface area contributed by atoms with Gasteiger partial charge in [-0.05, 0) is 26.3 Å². The summed E-state index contributed by atoms with van der Waals surface area (Å²) in [7, 11) is 1.93. The lowest BCUT2D eigenvalue weighted by Gasteiger charge is -2.07. The average molecular weight is 388 g/mol. The largest absolute Gasteiger partial charge is 0.465 e. The summed E-state index contributed by atoms with van der Waals surface area (Å²) in [4.78, 5) is 12.8. The number of hydrogen-bond acceptors (Lipinski definition) is 6. The van der Waals surface area contributed by atoms with Crippen LogP contribution in [0.1, 0.15) is 17.4 Å². The number of aryl methyl sites for hydroxylation is 2. The fourth-order valence-corrected chi connectivity index (χ4v) is 4.27. The van der Waals surface area contributed by atoms with Gasteiger partial charge in [-0.25, -0.2) is 0 Å². The van der Waals surface area contributed by atoms with Crippen LogP contribution in [-0.2, 0) is 16.6 Å². The normalized spacial score (nSPS) is 10.9. The lowest BCUT2D eigenvalue weighted by Crippen LogP contribution is -2.07. The summed E-state index contributed by atoms with van der Waals surface area (Å²) in [5, 5.41) is 11.4. The van der Waals surface area contributed by atoms with Crippen molar-refractivity contribution in [2.75, 3.05) is 12.4 Å². The Morgan fingerprint density at radius 3 is 2.65 bits per heavy atom. The first-order chi connectivity index (χ1) is 12.5. The van der Waals surface area contributed by atoms with E-state index in [1.54, 1.807) is 18.3 Å². The molecular weight excluding hydrogens is 366 g/mol. The van der Waals surface area contributed by atoms with Crippen molar-refractivity contribution in [3.8, 4) is 22.5 Å². The molecule has 0 saturated heterocycles. The third kappa shape index (κ3) is 3.83. The summed E-state index contributed by atoms with van der Waals surface area (Å²) < 4.78 is 6.90. The summed E-state index contributed by atoms with van der Waals surface area (Å²) in [5.41, 5.74) is 4.66. The van der Waals surface area contributed by atoms with E-state index < -0.39 is 0 Å².